The molecule has 0 aliphatic heterocycles. The lowest BCUT2D eigenvalue weighted by Crippen LogP contribution is -2.16. The molecular weight excluding hydrogens is 276 g/mol. The Morgan fingerprint density at radius 1 is 1.56 bits per heavy atom. The van der Waals surface area contributed by atoms with Crippen molar-refractivity contribution in [1.29, 1.82) is 0 Å². The molecule has 1 amide bonds. The summed E-state index contributed by atoms with van der Waals surface area (Å²) in [4.78, 5) is 22.6. The van der Waals surface area contributed by atoms with Crippen molar-refractivity contribution in [2.75, 3.05) is 30.5 Å². The van der Waals surface area contributed by atoms with Gasteiger partial charge in [0.05, 0.1) is 18.1 Å². The van der Waals surface area contributed by atoms with Crippen LogP contribution < -0.4 is 5.32 Å². The van der Waals surface area contributed by atoms with Gasteiger partial charge in [-0.1, -0.05) is 0 Å². The van der Waals surface area contributed by atoms with E-state index in [1.807, 2.05) is 0 Å². The number of nitrogens with zero attached hydrogens (tertiary/aromatic N) is 1. The molecule has 0 spiro atoms. The minimum absolute atomic E-state index is 0.0650. The van der Waals surface area contributed by atoms with Gasteiger partial charge < -0.3 is 15.2 Å². The van der Waals surface area contributed by atoms with Crippen molar-refractivity contribution in [1.82, 2.24) is 4.37 Å². The van der Waals surface area contributed by atoms with Gasteiger partial charge in [-0.3, -0.25) is 4.79 Å². The van der Waals surface area contributed by atoms with Crippen LogP contribution in [0.5, 0.6) is 0 Å². The third-order valence-corrected chi connectivity index (χ3v) is 3.77. The average Bonchev–Trinajstić information content (AvgIpc) is 2.66. The van der Waals surface area contributed by atoms with Crippen LogP contribution in [0.3, 0.4) is 0 Å². The summed E-state index contributed by atoms with van der Waals surface area (Å²) in [5.41, 5.74) is 0.477. The molecular formula is C10H14N2O4S2. The van der Waals surface area contributed by atoms with Crippen molar-refractivity contribution in [3.63, 3.8) is 0 Å². The van der Waals surface area contributed by atoms with Crippen LogP contribution in [0.1, 0.15) is 16.1 Å². The van der Waals surface area contributed by atoms with Crippen LogP contribution in [-0.4, -0.2) is 46.6 Å². The van der Waals surface area contributed by atoms with E-state index in [-0.39, 0.29) is 22.2 Å². The number of aryl methyl sites for hydroxylation is 1. The lowest BCUT2D eigenvalue weighted by atomic mass is 10.2. The summed E-state index contributed by atoms with van der Waals surface area (Å²) < 4.78 is 8.78. The topological polar surface area (TPSA) is 88.5 Å². The number of carbonyl (C=O) groups excluding carboxylic acids is 1. The van der Waals surface area contributed by atoms with Crippen molar-refractivity contribution in [3.05, 3.63) is 11.3 Å². The Bertz CT molecular complexity index is 434. The zero-order valence-corrected chi connectivity index (χ0v) is 11.7. The maximum Gasteiger partial charge on any atom is 0.340 e. The van der Waals surface area contributed by atoms with Crippen LogP contribution in [0.2, 0.25) is 0 Å². The van der Waals surface area contributed by atoms with Gasteiger partial charge in [0.25, 0.3) is 0 Å². The number of carboxylic acid groups (broad SMARTS) is 1. The van der Waals surface area contributed by atoms with E-state index < -0.39 is 5.97 Å². The Morgan fingerprint density at radius 2 is 2.28 bits per heavy atom. The van der Waals surface area contributed by atoms with Crippen molar-refractivity contribution in [2.24, 2.45) is 0 Å². The highest BCUT2D eigenvalue weighted by Crippen LogP contribution is 2.24. The fraction of sp³-hybridized carbons (Fsp3) is 0.500. The van der Waals surface area contributed by atoms with Crippen LogP contribution in [0.15, 0.2) is 0 Å². The second kappa shape index (κ2) is 7.34. The second-order valence-electron chi connectivity index (χ2n) is 3.37. The molecule has 0 aliphatic rings. The smallest absolute Gasteiger partial charge is 0.340 e. The predicted octanol–water partition coefficient (Wildman–Crippen LogP) is 1.47. The second-order valence-corrected chi connectivity index (χ2v) is 5.25. The highest BCUT2D eigenvalue weighted by atomic mass is 32.2. The molecule has 100 valence electrons. The van der Waals surface area contributed by atoms with E-state index in [4.69, 9.17) is 9.84 Å². The first-order valence-electron chi connectivity index (χ1n) is 5.12. The Morgan fingerprint density at radius 3 is 2.89 bits per heavy atom. The quantitative estimate of drug-likeness (QED) is 0.739. The summed E-state index contributed by atoms with van der Waals surface area (Å²) in [7, 11) is 1.60. The molecule has 0 atom stereocenters. The molecule has 1 aromatic heterocycles. The number of aromatic nitrogens is 1. The summed E-state index contributed by atoms with van der Waals surface area (Å²) in [6.45, 7) is 2.18. The lowest BCUT2D eigenvalue weighted by Gasteiger charge is -2.03. The summed E-state index contributed by atoms with van der Waals surface area (Å²) in [6, 6.07) is 0. The monoisotopic (exact) mass is 290 g/mol. The largest absolute Gasteiger partial charge is 0.478 e. The van der Waals surface area contributed by atoms with Crippen LogP contribution in [-0.2, 0) is 9.53 Å². The van der Waals surface area contributed by atoms with E-state index in [9.17, 15) is 9.59 Å². The average molecular weight is 290 g/mol. The number of carboxylic acids is 1. The number of ether oxygens (including phenoxy) is 1. The standard InChI is InChI=1S/C10H14N2O4S2/c1-6-8(10(14)15)9(18-12-6)11-7(13)5-17-4-3-16-2/h3-5H2,1-2H3,(H,11,13)(H,14,15). The molecule has 0 bridgehead atoms. The van der Waals surface area contributed by atoms with Gasteiger partial charge in [-0.25, -0.2) is 4.79 Å². The summed E-state index contributed by atoms with van der Waals surface area (Å²) in [5, 5.41) is 11.8. The Labute approximate surface area is 113 Å². The number of aromatic carboxylic acids is 1. The fourth-order valence-electron chi connectivity index (χ4n) is 1.18. The molecule has 0 aliphatic carbocycles. The van der Waals surface area contributed by atoms with Gasteiger partial charge in [0.15, 0.2) is 0 Å². The molecule has 0 unspecified atom stereocenters. The summed E-state index contributed by atoms with van der Waals surface area (Å²) in [6.07, 6.45) is 0. The van der Waals surface area contributed by atoms with Gasteiger partial charge in [-0.15, -0.1) is 11.8 Å². The number of nitrogens with one attached hydrogen (secondary N) is 1. The number of hydrogen-bond donors (Lipinski definition) is 2. The van der Waals surface area contributed by atoms with Crippen molar-refractivity contribution < 1.29 is 19.4 Å². The SMILES string of the molecule is COCCSCC(=O)Nc1snc(C)c1C(=O)O. The highest BCUT2D eigenvalue weighted by molar-refractivity contribution is 7.99. The van der Waals surface area contributed by atoms with Gasteiger partial charge in [0, 0.05) is 12.9 Å². The van der Waals surface area contributed by atoms with Crippen LogP contribution in [0.4, 0.5) is 5.00 Å². The number of amides is 1. The highest BCUT2D eigenvalue weighted by Gasteiger charge is 2.18. The minimum Gasteiger partial charge on any atom is -0.478 e. The fourth-order valence-corrected chi connectivity index (χ4v) is 2.67. The molecule has 1 rings (SSSR count). The number of rotatable bonds is 7. The first kappa shape index (κ1) is 14.9. The van der Waals surface area contributed by atoms with Gasteiger partial charge in [0.1, 0.15) is 10.6 Å². The van der Waals surface area contributed by atoms with E-state index in [0.29, 0.717) is 12.3 Å². The maximum absolute atomic E-state index is 11.6. The lowest BCUT2D eigenvalue weighted by molar-refractivity contribution is -0.113. The van der Waals surface area contributed by atoms with Gasteiger partial charge >= 0.3 is 5.97 Å². The Kier molecular flexibility index (Phi) is 6.10. The predicted molar refractivity (Wildman–Crippen MR) is 71.6 cm³/mol. The molecule has 6 nitrogen and oxygen atoms in total. The molecule has 1 heterocycles. The van der Waals surface area contributed by atoms with Crippen molar-refractivity contribution in [2.45, 2.75) is 6.92 Å². The summed E-state index contributed by atoms with van der Waals surface area (Å²) >= 11 is 2.41. The molecule has 8 heteroatoms. The van der Waals surface area contributed by atoms with Gasteiger partial charge in [0.2, 0.25) is 5.91 Å². The minimum atomic E-state index is -1.08. The van der Waals surface area contributed by atoms with E-state index in [1.54, 1.807) is 14.0 Å². The number of hydrogen-bond acceptors (Lipinski definition) is 6. The third kappa shape index (κ3) is 4.28. The number of methoxy groups -OCH3 is 1. The number of carbonyl (C=O) groups is 2. The van der Waals surface area contributed by atoms with Gasteiger partial charge in [-0.05, 0) is 18.5 Å². The number of thioether (sulfide) groups is 1. The molecule has 2 N–H and O–H groups in total. The Balaban J connectivity index is 2.52. The van der Waals surface area contributed by atoms with E-state index in [0.717, 1.165) is 17.3 Å². The van der Waals surface area contributed by atoms with E-state index >= 15 is 0 Å². The zero-order valence-electron chi connectivity index (χ0n) is 10.1. The van der Waals surface area contributed by atoms with Crippen molar-refractivity contribution in [3.8, 4) is 0 Å². The summed E-state index contributed by atoms with van der Waals surface area (Å²) in [5.74, 6) is -0.331. The molecule has 18 heavy (non-hydrogen) atoms. The zero-order chi connectivity index (χ0) is 13.5. The molecule has 0 radical (unpaired) electrons. The normalized spacial score (nSPS) is 10.3. The Hall–Kier alpha value is -1.12. The van der Waals surface area contributed by atoms with E-state index in [1.165, 1.54) is 11.8 Å². The molecule has 0 aromatic carbocycles. The molecule has 0 fully saturated rings. The molecule has 0 saturated heterocycles. The first-order chi connectivity index (χ1) is 8.56. The van der Waals surface area contributed by atoms with Gasteiger partial charge in [-0.2, -0.15) is 4.37 Å². The molecule has 1 aromatic rings. The van der Waals surface area contributed by atoms with Crippen LogP contribution in [0.25, 0.3) is 0 Å². The first-order valence-corrected chi connectivity index (χ1v) is 7.05. The van der Waals surface area contributed by atoms with E-state index in [2.05, 4.69) is 9.69 Å². The van der Waals surface area contributed by atoms with Crippen LogP contribution >= 0.6 is 23.3 Å². The van der Waals surface area contributed by atoms with Crippen LogP contribution in [0, 0.1) is 6.92 Å². The third-order valence-electron chi connectivity index (χ3n) is 1.99. The number of anilines is 1. The van der Waals surface area contributed by atoms with Crippen molar-refractivity contribution >= 4 is 40.2 Å². The molecule has 0 saturated carbocycles. The maximum atomic E-state index is 11.6.